The monoisotopic (exact) mass is 508 g/mol. The van der Waals surface area contributed by atoms with Gasteiger partial charge in [0.05, 0.1) is 23.8 Å². The van der Waals surface area contributed by atoms with Crippen molar-refractivity contribution in [3.63, 3.8) is 0 Å². The van der Waals surface area contributed by atoms with E-state index in [0.717, 1.165) is 11.5 Å². The van der Waals surface area contributed by atoms with Crippen molar-refractivity contribution >= 4 is 22.3 Å². The van der Waals surface area contributed by atoms with Gasteiger partial charge in [-0.05, 0) is 63.7 Å². The van der Waals surface area contributed by atoms with E-state index in [4.69, 9.17) is 5.73 Å². The smallest absolute Gasteiger partial charge is 0.365 e. The van der Waals surface area contributed by atoms with Gasteiger partial charge in [-0.25, -0.2) is 8.78 Å². The number of hydrogen-bond acceptors (Lipinski definition) is 6. The molecular formula is C25H29F5N6. The minimum Gasteiger partial charge on any atom is -0.365 e. The number of nitrogens with one attached hydrogen (secondary N) is 1. The Morgan fingerprint density at radius 3 is 2.47 bits per heavy atom. The molecule has 0 aliphatic carbocycles. The molecular weight excluding hydrogens is 479 g/mol. The summed E-state index contributed by atoms with van der Waals surface area (Å²) < 4.78 is 69.7. The van der Waals surface area contributed by atoms with Crippen molar-refractivity contribution in [3.05, 3.63) is 58.8 Å². The average molecular weight is 509 g/mol. The zero-order valence-corrected chi connectivity index (χ0v) is 20.5. The van der Waals surface area contributed by atoms with Crippen LogP contribution in [0.25, 0.3) is 10.8 Å². The van der Waals surface area contributed by atoms with Crippen molar-refractivity contribution < 1.29 is 22.0 Å². The van der Waals surface area contributed by atoms with Gasteiger partial charge < -0.3 is 20.9 Å². The predicted octanol–water partition coefficient (Wildman–Crippen LogP) is 5.11. The Morgan fingerprint density at radius 2 is 1.83 bits per heavy atom. The van der Waals surface area contributed by atoms with E-state index in [-0.39, 0.29) is 16.9 Å². The second kappa shape index (κ2) is 9.44. The number of piperidine rings is 1. The maximum absolute atomic E-state index is 14.8. The molecule has 36 heavy (non-hydrogen) atoms. The van der Waals surface area contributed by atoms with Crippen LogP contribution in [-0.2, 0) is 6.18 Å². The van der Waals surface area contributed by atoms with Crippen LogP contribution in [-0.4, -0.2) is 54.2 Å². The van der Waals surface area contributed by atoms with E-state index in [0.29, 0.717) is 29.7 Å². The average Bonchev–Trinajstić information content (AvgIpc) is 2.79. The minimum absolute atomic E-state index is 0.0149. The number of benzene rings is 2. The van der Waals surface area contributed by atoms with Gasteiger partial charge in [0.25, 0.3) is 5.92 Å². The first-order valence-electron chi connectivity index (χ1n) is 11.5. The number of hydrogen-bond donors (Lipinski definition) is 2. The molecule has 0 radical (unpaired) electrons. The van der Waals surface area contributed by atoms with Crippen molar-refractivity contribution in [1.82, 2.24) is 15.1 Å². The largest absolute Gasteiger partial charge is 0.416 e. The first-order valence-corrected chi connectivity index (χ1v) is 11.5. The number of halogens is 5. The Hall–Kier alpha value is -3.05. The van der Waals surface area contributed by atoms with Crippen molar-refractivity contribution in [2.24, 2.45) is 5.73 Å². The lowest BCUT2D eigenvalue weighted by atomic mass is 9.98. The van der Waals surface area contributed by atoms with Crippen molar-refractivity contribution in [3.8, 4) is 0 Å². The normalized spacial score (nSPS) is 19.1. The molecule has 4 rings (SSSR count). The van der Waals surface area contributed by atoms with Crippen LogP contribution in [0.2, 0.25) is 0 Å². The predicted molar refractivity (Wildman–Crippen MR) is 130 cm³/mol. The third-order valence-corrected chi connectivity index (χ3v) is 6.81. The lowest BCUT2D eigenvalue weighted by Gasteiger charge is -2.42. The summed E-state index contributed by atoms with van der Waals surface area (Å²) in [5, 5.41) is 12.6. The van der Waals surface area contributed by atoms with Gasteiger partial charge in [-0.2, -0.15) is 18.3 Å². The first kappa shape index (κ1) is 26.0. The molecule has 1 fully saturated rings. The van der Waals surface area contributed by atoms with E-state index in [9.17, 15) is 22.0 Å². The molecule has 11 heteroatoms. The summed E-state index contributed by atoms with van der Waals surface area (Å²) in [6, 6.07) is 8.30. The summed E-state index contributed by atoms with van der Waals surface area (Å²) in [7, 11) is 3.30. The summed E-state index contributed by atoms with van der Waals surface area (Å²) in [5.41, 5.74) is 7.01. The van der Waals surface area contributed by atoms with E-state index in [2.05, 4.69) is 15.5 Å². The minimum atomic E-state index is -4.51. The number of rotatable bonds is 5. The number of alkyl halides is 5. The highest BCUT2D eigenvalue weighted by Crippen LogP contribution is 2.37. The van der Waals surface area contributed by atoms with Crippen molar-refractivity contribution in [2.45, 2.75) is 44.6 Å². The van der Waals surface area contributed by atoms with Gasteiger partial charge in [0, 0.05) is 23.0 Å². The second-order valence-electron chi connectivity index (χ2n) is 9.45. The van der Waals surface area contributed by atoms with Crippen LogP contribution in [0.5, 0.6) is 0 Å². The Balaban J connectivity index is 1.68. The third-order valence-electron chi connectivity index (χ3n) is 6.81. The van der Waals surface area contributed by atoms with E-state index < -0.39 is 36.4 Å². The Bertz CT molecular complexity index is 1260. The SMILES string of the molecule is Cc1c([C@@H](N)Nc2nnc(C)c3ccc(N4CC[C@H](N(C)C)C(F)(F)C4)cc23)cccc1C(F)(F)F. The summed E-state index contributed by atoms with van der Waals surface area (Å²) in [6.07, 6.45) is -5.21. The third kappa shape index (κ3) is 4.94. The van der Waals surface area contributed by atoms with Crippen LogP contribution in [0.1, 0.15) is 35.0 Å². The molecule has 0 bridgehead atoms. The summed E-state index contributed by atoms with van der Waals surface area (Å²) >= 11 is 0. The highest BCUT2D eigenvalue weighted by molar-refractivity contribution is 5.95. The van der Waals surface area contributed by atoms with Crippen molar-refractivity contribution in [2.75, 3.05) is 37.4 Å². The van der Waals surface area contributed by atoms with Crippen LogP contribution in [0.3, 0.4) is 0 Å². The van der Waals surface area contributed by atoms with Crippen molar-refractivity contribution in [1.29, 1.82) is 0 Å². The molecule has 2 aromatic carbocycles. The van der Waals surface area contributed by atoms with E-state index >= 15 is 0 Å². The molecule has 0 saturated carbocycles. The molecule has 194 valence electrons. The number of fused-ring (bicyclic) bond motifs is 1. The van der Waals surface area contributed by atoms with Gasteiger partial charge in [-0.15, -0.1) is 5.10 Å². The molecule has 1 aromatic heterocycles. The lowest BCUT2D eigenvalue weighted by molar-refractivity contribution is -0.138. The fraction of sp³-hybridized carbons (Fsp3) is 0.440. The summed E-state index contributed by atoms with van der Waals surface area (Å²) in [5.74, 6) is -2.63. The molecule has 3 aromatic rings. The molecule has 6 nitrogen and oxygen atoms in total. The lowest BCUT2D eigenvalue weighted by Crippen LogP contribution is -2.56. The Morgan fingerprint density at radius 1 is 1.11 bits per heavy atom. The molecule has 0 spiro atoms. The number of nitrogens with two attached hydrogens (primary N) is 1. The number of anilines is 2. The van der Waals surface area contributed by atoms with Crippen LogP contribution >= 0.6 is 0 Å². The summed E-state index contributed by atoms with van der Waals surface area (Å²) in [6.45, 7) is 3.17. The highest BCUT2D eigenvalue weighted by atomic mass is 19.4. The molecule has 1 aliphatic heterocycles. The number of aromatic nitrogens is 2. The van der Waals surface area contributed by atoms with E-state index in [1.54, 1.807) is 49.0 Å². The van der Waals surface area contributed by atoms with Crippen LogP contribution < -0.4 is 16.0 Å². The highest BCUT2D eigenvalue weighted by Gasteiger charge is 2.45. The molecule has 0 unspecified atom stereocenters. The van der Waals surface area contributed by atoms with Gasteiger partial charge >= 0.3 is 6.18 Å². The molecule has 2 heterocycles. The zero-order valence-electron chi connectivity index (χ0n) is 20.5. The van der Waals surface area contributed by atoms with Crippen LogP contribution in [0, 0.1) is 13.8 Å². The van der Waals surface area contributed by atoms with E-state index in [1.807, 2.05) is 0 Å². The van der Waals surface area contributed by atoms with Gasteiger partial charge in [-0.1, -0.05) is 18.2 Å². The van der Waals surface area contributed by atoms with E-state index in [1.165, 1.54) is 19.1 Å². The molecule has 0 amide bonds. The second-order valence-corrected chi connectivity index (χ2v) is 9.45. The maximum atomic E-state index is 14.8. The van der Waals surface area contributed by atoms with Crippen LogP contribution in [0.4, 0.5) is 33.5 Å². The Labute approximate surface area is 206 Å². The van der Waals surface area contributed by atoms with Gasteiger partial charge in [0.15, 0.2) is 5.82 Å². The molecule has 3 N–H and O–H groups in total. The standard InChI is InChI=1S/C25H29F5N6/c1-14-17(6-5-7-20(14)25(28,29)30)22(31)32-23-19-12-16(8-9-18(19)15(2)33-34-23)36-11-10-21(35(3)4)24(26,27)13-36/h5-9,12,21-22H,10-11,13,31H2,1-4H3,(H,32,34)/t21-,22-/m0/s1. The Kier molecular flexibility index (Phi) is 6.82. The van der Waals surface area contributed by atoms with Gasteiger partial charge in [0.2, 0.25) is 0 Å². The quantitative estimate of drug-likeness (QED) is 0.369. The van der Waals surface area contributed by atoms with Gasteiger partial charge in [0.1, 0.15) is 6.17 Å². The first-order chi connectivity index (χ1) is 16.8. The molecule has 1 saturated heterocycles. The molecule has 2 atom stereocenters. The number of nitrogens with zero attached hydrogens (tertiary/aromatic N) is 4. The zero-order chi connectivity index (χ0) is 26.4. The topological polar surface area (TPSA) is 70.3 Å². The number of aryl methyl sites for hydroxylation is 1. The fourth-order valence-electron chi connectivity index (χ4n) is 4.89. The van der Waals surface area contributed by atoms with Crippen LogP contribution in [0.15, 0.2) is 36.4 Å². The fourth-order valence-corrected chi connectivity index (χ4v) is 4.89. The summed E-state index contributed by atoms with van der Waals surface area (Å²) in [4.78, 5) is 3.19. The maximum Gasteiger partial charge on any atom is 0.416 e. The molecule has 1 aliphatic rings. The van der Waals surface area contributed by atoms with Gasteiger partial charge in [-0.3, -0.25) is 0 Å².